The molecule has 3 rings (SSSR count). The van der Waals surface area contributed by atoms with Crippen molar-refractivity contribution in [1.29, 1.82) is 0 Å². The van der Waals surface area contributed by atoms with Crippen LogP contribution in [0.3, 0.4) is 0 Å². The Hall–Kier alpha value is -2.04. The molecule has 4 heteroatoms. The molecule has 0 saturated carbocycles. The van der Waals surface area contributed by atoms with Crippen LogP contribution in [0.15, 0.2) is 48.5 Å². The number of nitrogens with two attached hydrogens (primary N) is 1. The third-order valence-corrected chi connectivity index (χ3v) is 3.86. The fourth-order valence-corrected chi connectivity index (χ4v) is 2.55. The molecule has 0 aromatic heterocycles. The first-order valence-corrected chi connectivity index (χ1v) is 7.00. The summed E-state index contributed by atoms with van der Waals surface area (Å²) in [6, 6.07) is 15.3. The van der Waals surface area contributed by atoms with Crippen LogP contribution in [0.5, 0.6) is 11.5 Å². The van der Waals surface area contributed by atoms with Crippen LogP contribution in [0.1, 0.15) is 17.2 Å². The zero-order valence-corrected chi connectivity index (χ0v) is 12.0. The molecule has 1 aliphatic heterocycles. The van der Waals surface area contributed by atoms with Crippen LogP contribution in [0.4, 0.5) is 0 Å². The molecule has 0 saturated heterocycles. The van der Waals surface area contributed by atoms with Gasteiger partial charge in [-0.15, -0.1) is 0 Å². The van der Waals surface area contributed by atoms with E-state index in [1.807, 2.05) is 55.5 Å². The Morgan fingerprint density at radius 3 is 2.71 bits per heavy atom. The van der Waals surface area contributed by atoms with Gasteiger partial charge in [0.15, 0.2) is 11.7 Å². The average Bonchev–Trinajstić information content (AvgIpc) is 2.52. The molecule has 4 nitrogen and oxygen atoms in total. The normalized spacial score (nSPS) is 24.0. The highest BCUT2D eigenvalue weighted by Crippen LogP contribution is 2.40. The van der Waals surface area contributed by atoms with Crippen molar-refractivity contribution in [1.82, 2.24) is 0 Å². The monoisotopic (exact) mass is 285 g/mol. The molecule has 2 aromatic rings. The van der Waals surface area contributed by atoms with Crippen molar-refractivity contribution in [2.24, 2.45) is 5.73 Å². The molecule has 1 aliphatic rings. The highest BCUT2D eigenvalue weighted by molar-refractivity contribution is 5.41. The second-order valence-corrected chi connectivity index (χ2v) is 5.40. The van der Waals surface area contributed by atoms with Crippen molar-refractivity contribution in [2.45, 2.75) is 18.6 Å². The summed E-state index contributed by atoms with van der Waals surface area (Å²) in [6.07, 6.45) is -0.548. The minimum absolute atomic E-state index is 0.0673. The predicted molar refractivity (Wildman–Crippen MR) is 80.5 cm³/mol. The predicted octanol–water partition coefficient (Wildman–Crippen LogP) is 2.20. The zero-order valence-electron chi connectivity index (χ0n) is 12.0. The zero-order chi connectivity index (χ0) is 14.9. The number of hydrogen-bond acceptors (Lipinski definition) is 4. The lowest BCUT2D eigenvalue weighted by Crippen LogP contribution is -2.52. The van der Waals surface area contributed by atoms with Crippen molar-refractivity contribution >= 4 is 0 Å². The van der Waals surface area contributed by atoms with E-state index >= 15 is 0 Å². The number of rotatable bonds is 3. The van der Waals surface area contributed by atoms with Gasteiger partial charge in [-0.3, -0.25) is 0 Å². The van der Waals surface area contributed by atoms with Gasteiger partial charge in [0.1, 0.15) is 18.1 Å². The number of aryl methyl sites for hydroxylation is 1. The second kappa shape index (κ2) is 5.39. The van der Waals surface area contributed by atoms with Crippen LogP contribution in [-0.4, -0.2) is 23.9 Å². The van der Waals surface area contributed by atoms with Crippen LogP contribution in [0.25, 0.3) is 0 Å². The van der Waals surface area contributed by atoms with Crippen molar-refractivity contribution in [2.75, 3.05) is 13.2 Å². The van der Waals surface area contributed by atoms with Crippen molar-refractivity contribution < 1.29 is 14.6 Å². The van der Waals surface area contributed by atoms with Gasteiger partial charge in [-0.25, -0.2) is 0 Å². The van der Waals surface area contributed by atoms with E-state index in [0.29, 0.717) is 0 Å². The lowest BCUT2D eigenvalue weighted by molar-refractivity contribution is -0.0969. The third kappa shape index (κ3) is 2.48. The molecule has 0 fully saturated rings. The molecule has 2 atom stereocenters. The van der Waals surface area contributed by atoms with Gasteiger partial charge in [-0.1, -0.05) is 36.4 Å². The topological polar surface area (TPSA) is 64.7 Å². The van der Waals surface area contributed by atoms with Gasteiger partial charge in [0.05, 0.1) is 0 Å². The number of ether oxygens (including phenoxy) is 2. The smallest absolute Gasteiger partial charge is 0.160 e. The molecule has 3 N–H and O–H groups in total. The Labute approximate surface area is 124 Å². The molecule has 0 bridgehead atoms. The Morgan fingerprint density at radius 2 is 1.95 bits per heavy atom. The average molecular weight is 285 g/mol. The Morgan fingerprint density at radius 1 is 1.24 bits per heavy atom. The molecule has 1 heterocycles. The van der Waals surface area contributed by atoms with E-state index in [2.05, 4.69) is 0 Å². The van der Waals surface area contributed by atoms with Gasteiger partial charge >= 0.3 is 0 Å². The maximum absolute atomic E-state index is 10.8. The molecule has 0 spiro atoms. The van der Waals surface area contributed by atoms with Gasteiger partial charge in [0.2, 0.25) is 0 Å². The molecule has 0 unspecified atom stereocenters. The van der Waals surface area contributed by atoms with E-state index in [9.17, 15) is 5.11 Å². The molecule has 110 valence electrons. The Balaban J connectivity index is 2.02. The Bertz CT molecular complexity index is 643. The first-order valence-electron chi connectivity index (χ1n) is 7.00. The van der Waals surface area contributed by atoms with E-state index in [1.165, 1.54) is 0 Å². The third-order valence-electron chi connectivity index (χ3n) is 3.86. The fourth-order valence-electron chi connectivity index (χ4n) is 2.55. The molecule has 21 heavy (non-hydrogen) atoms. The summed E-state index contributed by atoms with van der Waals surface area (Å²) in [5, 5.41) is 10.8. The summed E-state index contributed by atoms with van der Waals surface area (Å²) in [5.41, 5.74) is 6.36. The first-order chi connectivity index (χ1) is 10.1. The molecule has 0 aliphatic carbocycles. The van der Waals surface area contributed by atoms with Gasteiger partial charge in [-0.05, 0) is 24.6 Å². The standard InChI is InChI=1S/C17H19NO3/c1-12-6-2-4-8-14(12)21-16-13-7-3-5-9-15(13)20-11-17(16,19)10-18/h2-9,16,19H,10-11,18H2,1H3/t16-,17-/m0/s1. The SMILES string of the molecule is Cc1ccccc1O[C@H]1c2ccccc2OC[C@@]1(O)CN. The number of hydrogen-bond donors (Lipinski definition) is 2. The lowest BCUT2D eigenvalue weighted by Gasteiger charge is -2.39. The summed E-state index contributed by atoms with van der Waals surface area (Å²) in [6.45, 7) is 2.16. The first kappa shape index (κ1) is 13.9. The van der Waals surface area contributed by atoms with Crippen molar-refractivity contribution in [3.63, 3.8) is 0 Å². The number of fused-ring (bicyclic) bond motifs is 1. The molecular formula is C17H19NO3. The van der Waals surface area contributed by atoms with Crippen LogP contribution < -0.4 is 15.2 Å². The summed E-state index contributed by atoms with van der Waals surface area (Å²) in [7, 11) is 0. The second-order valence-electron chi connectivity index (χ2n) is 5.40. The number of para-hydroxylation sites is 2. The van der Waals surface area contributed by atoms with Crippen LogP contribution >= 0.6 is 0 Å². The minimum atomic E-state index is -1.24. The van der Waals surface area contributed by atoms with Gasteiger partial charge < -0.3 is 20.3 Å². The number of aliphatic hydroxyl groups is 1. The molecular weight excluding hydrogens is 266 g/mol. The van der Waals surface area contributed by atoms with E-state index in [-0.39, 0.29) is 13.2 Å². The summed E-state index contributed by atoms with van der Waals surface area (Å²) < 4.78 is 11.7. The van der Waals surface area contributed by atoms with E-state index < -0.39 is 11.7 Å². The molecule has 0 amide bonds. The quantitative estimate of drug-likeness (QED) is 0.907. The lowest BCUT2D eigenvalue weighted by atomic mass is 9.88. The van der Waals surface area contributed by atoms with E-state index in [0.717, 1.165) is 22.6 Å². The van der Waals surface area contributed by atoms with Crippen LogP contribution in [0.2, 0.25) is 0 Å². The maximum Gasteiger partial charge on any atom is 0.160 e. The van der Waals surface area contributed by atoms with E-state index in [1.54, 1.807) is 0 Å². The summed E-state index contributed by atoms with van der Waals surface area (Å²) in [5.74, 6) is 1.47. The molecule has 0 radical (unpaired) electrons. The van der Waals surface area contributed by atoms with Crippen molar-refractivity contribution in [3.05, 3.63) is 59.7 Å². The largest absolute Gasteiger partial charge is 0.490 e. The fraction of sp³-hybridized carbons (Fsp3) is 0.294. The molecule has 2 aromatic carbocycles. The van der Waals surface area contributed by atoms with Crippen LogP contribution in [-0.2, 0) is 0 Å². The van der Waals surface area contributed by atoms with Crippen LogP contribution in [0, 0.1) is 6.92 Å². The van der Waals surface area contributed by atoms with Gasteiger partial charge in [0.25, 0.3) is 0 Å². The summed E-state index contributed by atoms with van der Waals surface area (Å²) >= 11 is 0. The highest BCUT2D eigenvalue weighted by atomic mass is 16.5. The van der Waals surface area contributed by atoms with Gasteiger partial charge in [-0.2, -0.15) is 0 Å². The minimum Gasteiger partial charge on any atom is -0.490 e. The maximum atomic E-state index is 10.8. The highest BCUT2D eigenvalue weighted by Gasteiger charge is 2.44. The summed E-state index contributed by atoms with van der Waals surface area (Å²) in [4.78, 5) is 0. The number of benzene rings is 2. The van der Waals surface area contributed by atoms with Gasteiger partial charge in [0, 0.05) is 12.1 Å². The van der Waals surface area contributed by atoms with E-state index in [4.69, 9.17) is 15.2 Å². The Kier molecular flexibility index (Phi) is 3.57. The van der Waals surface area contributed by atoms with Crippen molar-refractivity contribution in [3.8, 4) is 11.5 Å².